The highest BCUT2D eigenvalue weighted by Crippen LogP contribution is 2.26. The van der Waals surface area contributed by atoms with Gasteiger partial charge in [0.2, 0.25) is 0 Å². The molecule has 0 radical (unpaired) electrons. The second-order valence-electron chi connectivity index (χ2n) is 3.41. The molecule has 0 bridgehead atoms. The maximum absolute atomic E-state index is 11.4. The van der Waals surface area contributed by atoms with Crippen LogP contribution in [0, 0.1) is 0 Å². The zero-order chi connectivity index (χ0) is 12.4. The summed E-state index contributed by atoms with van der Waals surface area (Å²) >= 11 is 6.01. The number of nitrogens with zero attached hydrogens (tertiary/aromatic N) is 3. The van der Waals surface area contributed by atoms with E-state index in [4.69, 9.17) is 16.3 Å². The van der Waals surface area contributed by atoms with Crippen molar-refractivity contribution in [1.29, 1.82) is 0 Å². The van der Waals surface area contributed by atoms with Gasteiger partial charge in [0.15, 0.2) is 5.78 Å². The van der Waals surface area contributed by atoms with Gasteiger partial charge in [0.05, 0.1) is 24.0 Å². The molecule has 0 amide bonds. The Morgan fingerprint density at radius 1 is 1.47 bits per heavy atom. The van der Waals surface area contributed by atoms with E-state index < -0.39 is 0 Å². The molecule has 0 atom stereocenters. The van der Waals surface area contributed by atoms with Gasteiger partial charge in [-0.1, -0.05) is 16.8 Å². The maximum Gasteiger partial charge on any atom is 0.179 e. The molecule has 17 heavy (non-hydrogen) atoms. The van der Waals surface area contributed by atoms with Crippen LogP contribution in [0.1, 0.15) is 17.4 Å². The van der Waals surface area contributed by atoms with Gasteiger partial charge >= 0.3 is 0 Å². The molecule has 1 heterocycles. The number of hydrogen-bond donors (Lipinski definition) is 0. The van der Waals surface area contributed by atoms with E-state index in [0.717, 1.165) is 0 Å². The fourth-order valence-corrected chi connectivity index (χ4v) is 1.70. The first-order valence-corrected chi connectivity index (χ1v) is 5.27. The van der Waals surface area contributed by atoms with Gasteiger partial charge in [-0.05, 0) is 18.2 Å². The third kappa shape index (κ3) is 2.14. The summed E-state index contributed by atoms with van der Waals surface area (Å²) in [4.78, 5) is 11.4. The van der Waals surface area contributed by atoms with E-state index >= 15 is 0 Å². The topological polar surface area (TPSA) is 57.0 Å². The van der Waals surface area contributed by atoms with Crippen LogP contribution < -0.4 is 4.74 Å². The minimum Gasteiger partial charge on any atom is -0.495 e. The molecule has 0 spiro atoms. The number of halogens is 1. The van der Waals surface area contributed by atoms with E-state index in [-0.39, 0.29) is 5.78 Å². The Bertz CT molecular complexity index is 566. The highest BCUT2D eigenvalue weighted by atomic mass is 35.5. The number of ketones is 1. The van der Waals surface area contributed by atoms with Gasteiger partial charge in [-0.25, -0.2) is 4.68 Å². The highest BCUT2D eigenvalue weighted by Gasteiger charge is 2.11. The third-order valence-corrected chi connectivity index (χ3v) is 2.59. The van der Waals surface area contributed by atoms with E-state index in [2.05, 4.69) is 10.3 Å². The van der Waals surface area contributed by atoms with E-state index in [1.54, 1.807) is 18.2 Å². The average Bonchev–Trinajstić information content (AvgIpc) is 2.77. The Balaban J connectivity index is 2.50. The molecule has 0 fully saturated rings. The molecule has 0 aliphatic rings. The van der Waals surface area contributed by atoms with Crippen molar-refractivity contribution in [2.24, 2.45) is 0 Å². The first-order valence-electron chi connectivity index (χ1n) is 4.89. The number of rotatable bonds is 3. The fourth-order valence-electron chi connectivity index (χ4n) is 1.45. The van der Waals surface area contributed by atoms with Gasteiger partial charge in [0, 0.05) is 6.92 Å². The Morgan fingerprint density at radius 2 is 2.24 bits per heavy atom. The van der Waals surface area contributed by atoms with Crippen molar-refractivity contribution in [2.45, 2.75) is 6.92 Å². The van der Waals surface area contributed by atoms with E-state index in [1.165, 1.54) is 24.9 Å². The fraction of sp³-hybridized carbons (Fsp3) is 0.182. The van der Waals surface area contributed by atoms with Crippen molar-refractivity contribution >= 4 is 17.4 Å². The van der Waals surface area contributed by atoms with Crippen molar-refractivity contribution in [1.82, 2.24) is 15.0 Å². The highest BCUT2D eigenvalue weighted by molar-refractivity contribution is 6.32. The lowest BCUT2D eigenvalue weighted by atomic mass is 10.2. The van der Waals surface area contributed by atoms with Gasteiger partial charge in [-0.15, -0.1) is 5.10 Å². The first kappa shape index (κ1) is 11.6. The molecule has 2 aromatic rings. The summed E-state index contributed by atoms with van der Waals surface area (Å²) in [6, 6.07) is 5.14. The molecule has 0 saturated heterocycles. The Kier molecular flexibility index (Phi) is 3.10. The zero-order valence-electron chi connectivity index (χ0n) is 9.35. The molecule has 0 unspecified atom stereocenters. The Labute approximate surface area is 103 Å². The van der Waals surface area contributed by atoms with Crippen LogP contribution in [0.5, 0.6) is 5.75 Å². The van der Waals surface area contributed by atoms with E-state index in [0.29, 0.717) is 22.2 Å². The van der Waals surface area contributed by atoms with Crippen molar-refractivity contribution in [3.8, 4) is 11.4 Å². The predicted molar refractivity (Wildman–Crippen MR) is 62.9 cm³/mol. The largest absolute Gasteiger partial charge is 0.495 e. The summed E-state index contributed by atoms with van der Waals surface area (Å²) in [6.45, 7) is 1.46. The second-order valence-corrected chi connectivity index (χ2v) is 3.81. The molecule has 0 aliphatic carbocycles. The van der Waals surface area contributed by atoms with Crippen LogP contribution in [0.25, 0.3) is 5.69 Å². The van der Waals surface area contributed by atoms with E-state index in [1.807, 2.05) is 0 Å². The van der Waals surface area contributed by atoms with Crippen molar-refractivity contribution < 1.29 is 9.53 Å². The van der Waals surface area contributed by atoms with Gasteiger partial charge in [-0.3, -0.25) is 4.79 Å². The molecule has 0 saturated carbocycles. The van der Waals surface area contributed by atoms with Crippen LogP contribution in [0.3, 0.4) is 0 Å². The number of aromatic nitrogens is 3. The van der Waals surface area contributed by atoms with Crippen LogP contribution in [-0.2, 0) is 0 Å². The molecule has 0 aliphatic heterocycles. The average molecular weight is 252 g/mol. The van der Waals surface area contributed by atoms with Crippen molar-refractivity contribution in [3.63, 3.8) is 0 Å². The van der Waals surface area contributed by atoms with Gasteiger partial charge in [0.25, 0.3) is 0 Å². The summed E-state index contributed by atoms with van der Waals surface area (Å²) in [5.41, 5.74) is 1.07. The van der Waals surface area contributed by atoms with Crippen LogP contribution in [0.15, 0.2) is 24.4 Å². The summed E-state index contributed by atoms with van der Waals surface area (Å²) < 4.78 is 6.49. The lowest BCUT2D eigenvalue weighted by Gasteiger charge is -2.07. The SMILES string of the molecule is COc1ccc(-n2nncc2C(C)=O)cc1Cl. The number of methoxy groups -OCH3 is 1. The molecular weight excluding hydrogens is 242 g/mol. The summed E-state index contributed by atoms with van der Waals surface area (Å²) in [5, 5.41) is 8.01. The van der Waals surface area contributed by atoms with E-state index in [9.17, 15) is 4.79 Å². The molecule has 2 rings (SSSR count). The predicted octanol–water partition coefficient (Wildman–Crippen LogP) is 2.13. The number of Topliss-reactive ketones (excluding diaryl/α,β-unsaturated/α-hetero) is 1. The van der Waals surface area contributed by atoms with Crippen LogP contribution in [-0.4, -0.2) is 27.9 Å². The molecule has 5 nitrogen and oxygen atoms in total. The number of benzene rings is 1. The maximum atomic E-state index is 11.4. The number of ether oxygens (including phenoxy) is 1. The first-order chi connectivity index (χ1) is 8.13. The molecule has 1 aromatic heterocycles. The Hall–Kier alpha value is -1.88. The smallest absolute Gasteiger partial charge is 0.179 e. The lowest BCUT2D eigenvalue weighted by molar-refractivity contribution is 0.101. The molecule has 6 heteroatoms. The quantitative estimate of drug-likeness (QED) is 0.784. The number of hydrogen-bond acceptors (Lipinski definition) is 4. The minimum atomic E-state index is -0.109. The summed E-state index contributed by atoms with van der Waals surface area (Å²) in [6.07, 6.45) is 1.42. The monoisotopic (exact) mass is 251 g/mol. The molecule has 0 N–H and O–H groups in total. The normalized spacial score (nSPS) is 10.3. The van der Waals surface area contributed by atoms with Gasteiger partial charge in [-0.2, -0.15) is 0 Å². The van der Waals surface area contributed by atoms with Crippen molar-refractivity contribution in [3.05, 3.63) is 35.1 Å². The lowest BCUT2D eigenvalue weighted by Crippen LogP contribution is -2.06. The van der Waals surface area contributed by atoms with Crippen LogP contribution >= 0.6 is 11.6 Å². The van der Waals surface area contributed by atoms with Crippen LogP contribution in [0.2, 0.25) is 5.02 Å². The standard InChI is InChI=1S/C11H10ClN3O2/c1-7(16)10-6-13-14-15(10)8-3-4-11(17-2)9(12)5-8/h3-6H,1-2H3. The summed E-state index contributed by atoms with van der Waals surface area (Å²) in [5.74, 6) is 0.460. The third-order valence-electron chi connectivity index (χ3n) is 2.29. The van der Waals surface area contributed by atoms with Gasteiger partial charge < -0.3 is 4.74 Å². The zero-order valence-corrected chi connectivity index (χ0v) is 10.1. The van der Waals surface area contributed by atoms with Gasteiger partial charge in [0.1, 0.15) is 11.4 Å². The van der Waals surface area contributed by atoms with Crippen molar-refractivity contribution in [2.75, 3.05) is 7.11 Å². The molecule has 88 valence electrons. The Morgan fingerprint density at radius 3 is 2.82 bits per heavy atom. The number of carbonyl (C=O) groups is 1. The summed E-state index contributed by atoms with van der Waals surface area (Å²) in [7, 11) is 1.54. The van der Waals surface area contributed by atoms with Crippen LogP contribution in [0.4, 0.5) is 0 Å². The molecule has 1 aromatic carbocycles. The number of carbonyl (C=O) groups excluding carboxylic acids is 1. The molecular formula is C11H10ClN3O2. The second kappa shape index (κ2) is 4.55. The minimum absolute atomic E-state index is 0.109.